The number of nitrogens with zero attached hydrogens (tertiary/aromatic N) is 1. The number of rotatable bonds is 4. The number of carbonyl (C=O) groups is 4. The first-order valence-electron chi connectivity index (χ1n) is 10.9. The summed E-state index contributed by atoms with van der Waals surface area (Å²) in [6.07, 6.45) is 7.85. The smallest absolute Gasteiger partial charge is 0.261 e. The average Bonchev–Trinajstić information content (AvgIpc) is 2.68. The first-order valence-corrected chi connectivity index (χ1v) is 10.9. The van der Waals surface area contributed by atoms with E-state index in [1.54, 1.807) is 24.3 Å². The summed E-state index contributed by atoms with van der Waals surface area (Å²) in [7, 11) is 0. The van der Waals surface area contributed by atoms with Gasteiger partial charge in [0.1, 0.15) is 6.54 Å². The highest BCUT2D eigenvalue weighted by Gasteiger charge is 2.51. The fourth-order valence-electron chi connectivity index (χ4n) is 6.77. The van der Waals surface area contributed by atoms with Crippen LogP contribution in [0.5, 0.6) is 0 Å². The molecule has 6 rings (SSSR count). The molecule has 4 bridgehead atoms. The van der Waals surface area contributed by atoms with Crippen LogP contribution < -0.4 is 10.9 Å². The molecule has 30 heavy (non-hydrogen) atoms. The monoisotopic (exact) mass is 409 g/mol. The number of benzene rings is 1. The summed E-state index contributed by atoms with van der Waals surface area (Å²) in [4.78, 5) is 50.7. The molecular formula is C23H27N3O4. The van der Waals surface area contributed by atoms with Gasteiger partial charge in [0.25, 0.3) is 11.8 Å². The number of hydrogen-bond acceptors (Lipinski definition) is 4. The predicted molar refractivity (Wildman–Crippen MR) is 108 cm³/mol. The van der Waals surface area contributed by atoms with Crippen molar-refractivity contribution in [2.45, 2.75) is 51.4 Å². The van der Waals surface area contributed by atoms with Crippen LogP contribution in [0.1, 0.15) is 60.9 Å². The van der Waals surface area contributed by atoms with Crippen molar-refractivity contribution in [3.63, 3.8) is 0 Å². The highest BCUT2D eigenvalue weighted by atomic mass is 16.2. The normalized spacial score (nSPS) is 31.5. The molecule has 4 aliphatic carbocycles. The highest BCUT2D eigenvalue weighted by molar-refractivity contribution is 6.11. The molecule has 0 unspecified atom stereocenters. The highest BCUT2D eigenvalue weighted by Crippen LogP contribution is 2.61. The molecule has 7 heteroatoms. The molecule has 2 N–H and O–H groups in total. The van der Waals surface area contributed by atoms with Crippen molar-refractivity contribution in [1.82, 2.24) is 15.8 Å². The van der Waals surface area contributed by atoms with Gasteiger partial charge in [0.2, 0.25) is 11.8 Å². The van der Waals surface area contributed by atoms with Gasteiger partial charge in [-0.2, -0.15) is 0 Å². The van der Waals surface area contributed by atoms with E-state index >= 15 is 0 Å². The van der Waals surface area contributed by atoms with E-state index in [0.717, 1.165) is 41.9 Å². The molecule has 0 radical (unpaired) electrons. The summed E-state index contributed by atoms with van der Waals surface area (Å²) in [6.45, 7) is -0.399. The zero-order valence-electron chi connectivity index (χ0n) is 17.0. The van der Waals surface area contributed by atoms with E-state index in [0.29, 0.717) is 17.5 Å². The topological polar surface area (TPSA) is 95.6 Å². The number of carbonyl (C=O) groups excluding carboxylic acids is 4. The van der Waals surface area contributed by atoms with Gasteiger partial charge in [-0.15, -0.1) is 0 Å². The molecule has 1 aromatic rings. The van der Waals surface area contributed by atoms with Gasteiger partial charge in [0.15, 0.2) is 0 Å². The Labute approximate surface area is 175 Å². The lowest BCUT2D eigenvalue weighted by atomic mass is 9.49. The molecule has 0 atom stereocenters. The van der Waals surface area contributed by atoms with Gasteiger partial charge in [0, 0.05) is 12.0 Å². The van der Waals surface area contributed by atoms with Crippen molar-refractivity contribution in [2.75, 3.05) is 6.54 Å². The summed E-state index contributed by atoms with van der Waals surface area (Å²) in [6, 6.07) is 6.91. The maximum absolute atomic E-state index is 12.6. The van der Waals surface area contributed by atoms with Crippen LogP contribution in [0.25, 0.3) is 0 Å². The summed E-state index contributed by atoms with van der Waals surface area (Å²) in [5.74, 6) is 0.639. The van der Waals surface area contributed by atoms with Crippen LogP contribution in [-0.2, 0) is 20.8 Å². The average molecular weight is 409 g/mol. The molecule has 0 saturated heterocycles. The predicted octanol–water partition coefficient (Wildman–Crippen LogP) is 1.97. The van der Waals surface area contributed by atoms with E-state index in [1.807, 2.05) is 0 Å². The second-order valence-electron chi connectivity index (χ2n) is 9.81. The summed E-state index contributed by atoms with van der Waals surface area (Å²) in [5, 5.41) is 0. The molecule has 5 aliphatic rings. The van der Waals surface area contributed by atoms with Crippen LogP contribution in [0, 0.1) is 23.2 Å². The lowest BCUT2D eigenvalue weighted by Gasteiger charge is -2.56. The molecule has 158 valence electrons. The van der Waals surface area contributed by atoms with Crippen LogP contribution >= 0.6 is 0 Å². The summed E-state index contributed by atoms with van der Waals surface area (Å²) in [5.41, 5.74) is 6.10. The van der Waals surface area contributed by atoms with Crippen molar-refractivity contribution < 1.29 is 19.2 Å². The Morgan fingerprint density at radius 2 is 1.53 bits per heavy atom. The molecule has 7 nitrogen and oxygen atoms in total. The van der Waals surface area contributed by atoms with Gasteiger partial charge in [-0.05, 0) is 73.3 Å². The number of amides is 4. The van der Waals surface area contributed by atoms with Crippen molar-refractivity contribution in [3.8, 4) is 0 Å². The van der Waals surface area contributed by atoms with Gasteiger partial charge < -0.3 is 0 Å². The van der Waals surface area contributed by atoms with Crippen LogP contribution in [-0.4, -0.2) is 35.1 Å². The SMILES string of the molecule is O=C(CN1C(=O)Cc2ccccc2C1=O)NNC(=O)CC12CC3CC(CC(C3)C1)C2. The first kappa shape index (κ1) is 19.3. The van der Waals surface area contributed by atoms with Crippen molar-refractivity contribution in [1.29, 1.82) is 0 Å². The minimum atomic E-state index is -0.574. The van der Waals surface area contributed by atoms with E-state index < -0.39 is 24.3 Å². The lowest BCUT2D eigenvalue weighted by Crippen LogP contribution is -2.52. The molecule has 0 spiro atoms. The zero-order chi connectivity index (χ0) is 20.9. The largest absolute Gasteiger partial charge is 0.274 e. The fraction of sp³-hybridized carbons (Fsp3) is 0.565. The van der Waals surface area contributed by atoms with Crippen molar-refractivity contribution >= 4 is 23.6 Å². The Hall–Kier alpha value is -2.70. The van der Waals surface area contributed by atoms with Crippen molar-refractivity contribution in [2.24, 2.45) is 23.2 Å². The van der Waals surface area contributed by atoms with Crippen LogP contribution in [0.4, 0.5) is 0 Å². The second kappa shape index (κ2) is 7.22. The fourth-order valence-corrected chi connectivity index (χ4v) is 6.77. The third kappa shape index (κ3) is 3.50. The molecule has 1 aliphatic heterocycles. The van der Waals surface area contributed by atoms with Crippen LogP contribution in [0.15, 0.2) is 24.3 Å². The molecular weight excluding hydrogens is 382 g/mol. The van der Waals surface area contributed by atoms with E-state index in [-0.39, 0.29) is 17.7 Å². The number of imide groups is 1. The Balaban J connectivity index is 1.15. The van der Waals surface area contributed by atoms with Crippen LogP contribution in [0.3, 0.4) is 0 Å². The van der Waals surface area contributed by atoms with E-state index in [2.05, 4.69) is 10.9 Å². The second-order valence-corrected chi connectivity index (χ2v) is 9.81. The van der Waals surface area contributed by atoms with E-state index in [1.165, 1.54) is 19.3 Å². The Morgan fingerprint density at radius 1 is 0.933 bits per heavy atom. The Morgan fingerprint density at radius 3 is 2.20 bits per heavy atom. The van der Waals surface area contributed by atoms with Crippen LogP contribution in [0.2, 0.25) is 0 Å². The molecule has 0 aromatic heterocycles. The van der Waals surface area contributed by atoms with E-state index in [4.69, 9.17) is 0 Å². The first-order chi connectivity index (χ1) is 14.4. The minimum Gasteiger partial charge on any atom is -0.274 e. The van der Waals surface area contributed by atoms with E-state index in [9.17, 15) is 19.2 Å². The maximum atomic E-state index is 12.6. The Bertz CT molecular complexity index is 889. The van der Waals surface area contributed by atoms with Gasteiger partial charge in [-0.25, -0.2) is 0 Å². The van der Waals surface area contributed by atoms with Gasteiger partial charge >= 0.3 is 0 Å². The summed E-state index contributed by atoms with van der Waals surface area (Å²) < 4.78 is 0. The summed E-state index contributed by atoms with van der Waals surface area (Å²) >= 11 is 0. The standard InChI is InChI=1S/C23H27N3O4/c27-19(12-23-9-14-5-15(10-23)7-16(6-14)11-23)24-25-20(28)13-26-21(29)8-17-3-1-2-4-18(17)22(26)30/h1-4,14-16H,5-13H2,(H,24,27)(H,25,28). The quantitative estimate of drug-likeness (QED) is 0.587. The van der Waals surface area contributed by atoms with Gasteiger partial charge in [-0.3, -0.25) is 34.9 Å². The number of hydrazine groups is 1. The number of fused-ring (bicyclic) bond motifs is 1. The molecule has 4 fully saturated rings. The number of hydrogen-bond donors (Lipinski definition) is 2. The Kier molecular flexibility index (Phi) is 4.64. The molecule has 4 saturated carbocycles. The minimum absolute atomic E-state index is 0.0894. The van der Waals surface area contributed by atoms with Gasteiger partial charge in [0.05, 0.1) is 6.42 Å². The molecule has 1 aromatic carbocycles. The third-order valence-corrected chi connectivity index (χ3v) is 7.48. The third-order valence-electron chi connectivity index (χ3n) is 7.48. The zero-order valence-corrected chi connectivity index (χ0v) is 17.0. The maximum Gasteiger partial charge on any atom is 0.261 e. The van der Waals surface area contributed by atoms with Gasteiger partial charge in [-0.1, -0.05) is 18.2 Å². The van der Waals surface area contributed by atoms with Crippen molar-refractivity contribution in [3.05, 3.63) is 35.4 Å². The lowest BCUT2D eigenvalue weighted by molar-refractivity contribution is -0.136. The molecule has 1 heterocycles. The molecule has 4 amide bonds. The number of nitrogens with one attached hydrogen (secondary N) is 2.